The molecule has 1 rings (SSSR count). The van der Waals surface area contributed by atoms with Gasteiger partial charge in [-0.15, -0.1) is 5.10 Å². The predicted octanol–water partition coefficient (Wildman–Crippen LogP) is 2.78. The van der Waals surface area contributed by atoms with Crippen molar-refractivity contribution in [3.8, 4) is 0 Å². The van der Waals surface area contributed by atoms with Crippen molar-refractivity contribution in [3.63, 3.8) is 0 Å². The van der Waals surface area contributed by atoms with E-state index in [1.54, 1.807) is 0 Å². The van der Waals surface area contributed by atoms with Gasteiger partial charge in [0.25, 0.3) is 0 Å². The molecule has 0 amide bonds. The first-order chi connectivity index (χ1) is 7.86. The van der Waals surface area contributed by atoms with Crippen LogP contribution in [0.3, 0.4) is 0 Å². The average molecular weight is 256 g/mol. The first-order valence-electron chi connectivity index (χ1n) is 6.15. The molecule has 0 aromatic carbocycles. The lowest BCUT2D eigenvalue weighted by atomic mass is 9.89. The van der Waals surface area contributed by atoms with Crippen molar-refractivity contribution < 1.29 is 0 Å². The highest BCUT2D eigenvalue weighted by atomic mass is 32.1. The molecule has 1 unspecified atom stereocenters. The van der Waals surface area contributed by atoms with Crippen molar-refractivity contribution in [1.82, 2.24) is 15.0 Å². The van der Waals surface area contributed by atoms with Gasteiger partial charge in [-0.2, -0.15) is 0 Å². The summed E-state index contributed by atoms with van der Waals surface area (Å²) >= 11 is 1.46. The van der Waals surface area contributed by atoms with Crippen molar-refractivity contribution >= 4 is 11.5 Å². The zero-order valence-corrected chi connectivity index (χ0v) is 12.3. The number of hydrogen-bond donors (Lipinski definition) is 2. The molecule has 0 saturated carbocycles. The highest BCUT2D eigenvalue weighted by Gasteiger charge is 2.26. The maximum Gasteiger partial charge on any atom is 0.0857 e. The fraction of sp³-hybridized carbons (Fsp3) is 0.833. The maximum absolute atomic E-state index is 5.66. The Bertz CT molecular complexity index is 341. The summed E-state index contributed by atoms with van der Waals surface area (Å²) in [6.07, 6.45) is 2.18. The SMILES string of the molecule is CC(C)CCC(NN)c1snnc1C(C)(C)C. The number of rotatable bonds is 5. The minimum atomic E-state index is 0.0231. The van der Waals surface area contributed by atoms with Crippen LogP contribution in [-0.4, -0.2) is 9.59 Å². The normalized spacial score (nSPS) is 14.3. The number of nitrogens with one attached hydrogen (secondary N) is 1. The van der Waals surface area contributed by atoms with Crippen molar-refractivity contribution in [3.05, 3.63) is 10.6 Å². The fourth-order valence-corrected chi connectivity index (χ4v) is 2.69. The fourth-order valence-electron chi connectivity index (χ4n) is 1.74. The number of aromatic nitrogens is 2. The van der Waals surface area contributed by atoms with E-state index in [1.807, 2.05) is 0 Å². The van der Waals surface area contributed by atoms with Crippen molar-refractivity contribution in [2.45, 2.75) is 58.9 Å². The molecule has 0 aliphatic rings. The summed E-state index contributed by atoms with van der Waals surface area (Å²) in [6.45, 7) is 10.9. The summed E-state index contributed by atoms with van der Waals surface area (Å²) in [5, 5.41) is 4.26. The van der Waals surface area contributed by atoms with Gasteiger partial charge in [-0.1, -0.05) is 39.1 Å². The van der Waals surface area contributed by atoms with E-state index in [0.29, 0.717) is 5.92 Å². The molecule has 1 aromatic heterocycles. The summed E-state index contributed by atoms with van der Waals surface area (Å²) in [4.78, 5) is 1.18. The Kier molecular flexibility index (Phi) is 5.04. The van der Waals surface area contributed by atoms with E-state index in [1.165, 1.54) is 16.4 Å². The largest absolute Gasteiger partial charge is 0.271 e. The third kappa shape index (κ3) is 4.01. The second-order valence-electron chi connectivity index (χ2n) is 5.93. The van der Waals surface area contributed by atoms with E-state index < -0.39 is 0 Å². The molecule has 0 bridgehead atoms. The molecule has 0 aliphatic carbocycles. The first kappa shape index (κ1) is 14.5. The van der Waals surface area contributed by atoms with Crippen LogP contribution in [0, 0.1) is 5.92 Å². The molecule has 1 heterocycles. The van der Waals surface area contributed by atoms with Crippen LogP contribution in [0.1, 0.15) is 64.1 Å². The van der Waals surface area contributed by atoms with Gasteiger partial charge in [0, 0.05) is 5.41 Å². The van der Waals surface area contributed by atoms with E-state index in [2.05, 4.69) is 49.6 Å². The van der Waals surface area contributed by atoms with E-state index >= 15 is 0 Å². The summed E-state index contributed by atoms with van der Waals surface area (Å²) < 4.78 is 4.08. The van der Waals surface area contributed by atoms with Crippen LogP contribution < -0.4 is 11.3 Å². The highest BCUT2D eigenvalue weighted by molar-refractivity contribution is 7.05. The molecule has 0 fully saturated rings. The molecule has 1 atom stereocenters. The molecular formula is C12H24N4S. The Morgan fingerprint density at radius 3 is 2.41 bits per heavy atom. The van der Waals surface area contributed by atoms with Gasteiger partial charge in [0.2, 0.25) is 0 Å². The Labute approximate surface area is 108 Å². The zero-order chi connectivity index (χ0) is 13.1. The van der Waals surface area contributed by atoms with Crippen LogP contribution in [0.4, 0.5) is 0 Å². The minimum Gasteiger partial charge on any atom is -0.271 e. The quantitative estimate of drug-likeness (QED) is 0.628. The molecule has 0 radical (unpaired) electrons. The maximum atomic E-state index is 5.66. The lowest BCUT2D eigenvalue weighted by molar-refractivity contribution is 0.442. The van der Waals surface area contributed by atoms with E-state index in [-0.39, 0.29) is 11.5 Å². The third-order valence-electron chi connectivity index (χ3n) is 2.77. The highest BCUT2D eigenvalue weighted by Crippen LogP contribution is 2.32. The Hall–Kier alpha value is -0.520. The van der Waals surface area contributed by atoms with Gasteiger partial charge in [0.1, 0.15) is 0 Å². The van der Waals surface area contributed by atoms with Crippen LogP contribution in [-0.2, 0) is 5.41 Å². The number of hydrazine groups is 1. The van der Waals surface area contributed by atoms with Gasteiger partial charge in [-0.05, 0) is 30.3 Å². The standard InChI is InChI=1S/C12H24N4S/c1-8(2)6-7-9(14-13)10-11(12(3,4)5)15-16-17-10/h8-9,14H,6-7,13H2,1-5H3. The molecule has 3 N–H and O–H groups in total. The van der Waals surface area contributed by atoms with Crippen molar-refractivity contribution in [1.29, 1.82) is 0 Å². The lowest BCUT2D eigenvalue weighted by Crippen LogP contribution is -2.29. The Morgan fingerprint density at radius 2 is 1.94 bits per heavy atom. The number of nitrogens with two attached hydrogens (primary N) is 1. The lowest BCUT2D eigenvalue weighted by Gasteiger charge is -2.21. The molecular weight excluding hydrogens is 232 g/mol. The van der Waals surface area contributed by atoms with Gasteiger partial charge < -0.3 is 0 Å². The van der Waals surface area contributed by atoms with E-state index in [9.17, 15) is 0 Å². The van der Waals surface area contributed by atoms with Gasteiger partial charge in [-0.25, -0.2) is 0 Å². The monoisotopic (exact) mass is 256 g/mol. The first-order valence-corrected chi connectivity index (χ1v) is 6.92. The van der Waals surface area contributed by atoms with Gasteiger partial charge in [-0.3, -0.25) is 11.3 Å². The van der Waals surface area contributed by atoms with Gasteiger partial charge in [0.05, 0.1) is 16.6 Å². The average Bonchev–Trinajstić information content (AvgIpc) is 2.66. The number of nitrogens with zero attached hydrogens (tertiary/aromatic N) is 2. The smallest absolute Gasteiger partial charge is 0.0857 e. The summed E-state index contributed by atoms with van der Waals surface area (Å²) in [5.41, 5.74) is 3.99. The minimum absolute atomic E-state index is 0.0231. The van der Waals surface area contributed by atoms with Crippen LogP contribution >= 0.6 is 11.5 Å². The second kappa shape index (κ2) is 5.89. The van der Waals surface area contributed by atoms with E-state index in [0.717, 1.165) is 18.5 Å². The summed E-state index contributed by atoms with van der Waals surface area (Å²) in [6, 6.07) is 0.173. The molecule has 0 spiro atoms. The van der Waals surface area contributed by atoms with Crippen LogP contribution in [0.25, 0.3) is 0 Å². The van der Waals surface area contributed by atoms with Crippen LogP contribution in [0.5, 0.6) is 0 Å². The molecule has 0 saturated heterocycles. The predicted molar refractivity (Wildman–Crippen MR) is 72.7 cm³/mol. The zero-order valence-electron chi connectivity index (χ0n) is 11.4. The third-order valence-corrected chi connectivity index (χ3v) is 3.61. The van der Waals surface area contributed by atoms with Gasteiger partial charge in [0.15, 0.2) is 0 Å². The Balaban J connectivity index is 2.85. The summed E-state index contributed by atoms with van der Waals surface area (Å²) in [5.74, 6) is 6.35. The molecule has 5 heteroatoms. The van der Waals surface area contributed by atoms with Crippen molar-refractivity contribution in [2.75, 3.05) is 0 Å². The molecule has 98 valence electrons. The van der Waals surface area contributed by atoms with E-state index in [4.69, 9.17) is 5.84 Å². The van der Waals surface area contributed by atoms with Crippen LogP contribution in [0.2, 0.25) is 0 Å². The number of hydrogen-bond acceptors (Lipinski definition) is 5. The topological polar surface area (TPSA) is 63.8 Å². The Morgan fingerprint density at radius 1 is 1.29 bits per heavy atom. The summed E-state index contributed by atoms with van der Waals surface area (Å²) in [7, 11) is 0. The second-order valence-corrected chi connectivity index (χ2v) is 6.71. The molecule has 1 aromatic rings. The van der Waals surface area contributed by atoms with Crippen LogP contribution in [0.15, 0.2) is 0 Å². The molecule has 4 nitrogen and oxygen atoms in total. The van der Waals surface area contributed by atoms with Gasteiger partial charge >= 0.3 is 0 Å². The van der Waals surface area contributed by atoms with Crippen molar-refractivity contribution in [2.24, 2.45) is 11.8 Å². The molecule has 0 aliphatic heterocycles. The molecule has 17 heavy (non-hydrogen) atoms.